The number of aliphatic carboxylic acids is 1. The van der Waals surface area contributed by atoms with Gasteiger partial charge in [0.15, 0.2) is 0 Å². The van der Waals surface area contributed by atoms with E-state index in [0.29, 0.717) is 18.9 Å². The maximum absolute atomic E-state index is 11.7. The molecule has 0 fully saturated rings. The number of amides is 2. The Labute approximate surface area is 103 Å². The van der Waals surface area contributed by atoms with E-state index in [1.54, 1.807) is 7.05 Å². The number of rotatable bonds is 7. The Kier molecular flexibility index (Phi) is 7.34. The van der Waals surface area contributed by atoms with E-state index in [-0.39, 0.29) is 18.5 Å². The lowest BCUT2D eigenvalue weighted by molar-refractivity contribution is -0.137. The van der Waals surface area contributed by atoms with Crippen molar-refractivity contribution in [1.82, 2.24) is 10.2 Å². The van der Waals surface area contributed by atoms with Crippen LogP contribution in [0.25, 0.3) is 0 Å². The lowest BCUT2D eigenvalue weighted by Crippen LogP contribution is -2.44. The Morgan fingerprint density at radius 3 is 2.41 bits per heavy atom. The molecule has 0 heterocycles. The van der Waals surface area contributed by atoms with Crippen molar-refractivity contribution >= 4 is 12.0 Å². The van der Waals surface area contributed by atoms with E-state index in [0.717, 1.165) is 6.42 Å². The number of carboxylic acids is 1. The van der Waals surface area contributed by atoms with E-state index >= 15 is 0 Å². The lowest BCUT2D eigenvalue weighted by Gasteiger charge is -2.24. The Morgan fingerprint density at radius 2 is 1.94 bits per heavy atom. The molecule has 0 bridgehead atoms. The maximum atomic E-state index is 11.7. The first-order valence-electron chi connectivity index (χ1n) is 6.11. The second-order valence-corrected chi connectivity index (χ2v) is 4.54. The summed E-state index contributed by atoms with van der Waals surface area (Å²) in [7, 11) is 1.68. The van der Waals surface area contributed by atoms with Crippen molar-refractivity contribution in [2.75, 3.05) is 13.6 Å². The van der Waals surface area contributed by atoms with E-state index in [1.165, 1.54) is 4.90 Å². The smallest absolute Gasteiger partial charge is 0.317 e. The van der Waals surface area contributed by atoms with E-state index in [2.05, 4.69) is 19.2 Å². The van der Waals surface area contributed by atoms with Crippen LogP contribution < -0.4 is 5.32 Å². The van der Waals surface area contributed by atoms with Gasteiger partial charge in [0.1, 0.15) is 0 Å². The Morgan fingerprint density at radius 1 is 1.35 bits per heavy atom. The summed E-state index contributed by atoms with van der Waals surface area (Å²) in [6.45, 7) is 6.63. The molecule has 100 valence electrons. The Bertz CT molecular complexity index is 256. The number of carboxylic acid groups (broad SMARTS) is 1. The molecule has 2 N–H and O–H groups in total. The third-order valence-corrected chi connectivity index (χ3v) is 3.08. The Balaban J connectivity index is 3.92. The van der Waals surface area contributed by atoms with Gasteiger partial charge >= 0.3 is 12.0 Å². The molecular weight excluding hydrogens is 220 g/mol. The van der Waals surface area contributed by atoms with E-state index in [4.69, 9.17) is 5.11 Å². The highest BCUT2D eigenvalue weighted by Crippen LogP contribution is 2.07. The summed E-state index contributed by atoms with van der Waals surface area (Å²) in [5, 5.41) is 11.4. The van der Waals surface area contributed by atoms with Crippen LogP contribution in [0.3, 0.4) is 0 Å². The van der Waals surface area contributed by atoms with Crippen LogP contribution in [0.15, 0.2) is 0 Å². The summed E-state index contributed by atoms with van der Waals surface area (Å²) in [6, 6.07) is -0.00221. The van der Waals surface area contributed by atoms with Crippen LogP contribution in [0.5, 0.6) is 0 Å². The monoisotopic (exact) mass is 244 g/mol. The fourth-order valence-electron chi connectivity index (χ4n) is 1.37. The summed E-state index contributed by atoms with van der Waals surface area (Å²) in [6.07, 6.45) is 1.60. The van der Waals surface area contributed by atoms with Gasteiger partial charge in [0.2, 0.25) is 0 Å². The van der Waals surface area contributed by atoms with Crippen LogP contribution >= 0.6 is 0 Å². The molecule has 0 aliphatic carbocycles. The zero-order chi connectivity index (χ0) is 13.4. The van der Waals surface area contributed by atoms with Gasteiger partial charge in [0.05, 0.1) is 0 Å². The van der Waals surface area contributed by atoms with E-state index in [1.807, 2.05) is 6.92 Å². The fourth-order valence-corrected chi connectivity index (χ4v) is 1.37. The quantitative estimate of drug-likeness (QED) is 0.719. The van der Waals surface area contributed by atoms with Crippen molar-refractivity contribution in [2.45, 2.75) is 46.1 Å². The molecule has 0 spiro atoms. The van der Waals surface area contributed by atoms with Gasteiger partial charge in [0, 0.05) is 26.1 Å². The maximum Gasteiger partial charge on any atom is 0.317 e. The first-order chi connectivity index (χ1) is 7.88. The lowest BCUT2D eigenvalue weighted by atomic mass is 10.0. The highest BCUT2D eigenvalue weighted by molar-refractivity contribution is 5.74. The summed E-state index contributed by atoms with van der Waals surface area (Å²) >= 11 is 0. The highest BCUT2D eigenvalue weighted by atomic mass is 16.4. The molecule has 0 saturated heterocycles. The van der Waals surface area contributed by atoms with E-state index < -0.39 is 5.97 Å². The first-order valence-corrected chi connectivity index (χ1v) is 6.11. The molecular formula is C12H24N2O3. The van der Waals surface area contributed by atoms with E-state index in [9.17, 15) is 9.59 Å². The highest BCUT2D eigenvalue weighted by Gasteiger charge is 2.15. The molecule has 0 rings (SSSR count). The topological polar surface area (TPSA) is 69.6 Å². The zero-order valence-electron chi connectivity index (χ0n) is 11.2. The SMILES string of the molecule is CCC(C)C(C)NC(=O)N(C)CCCC(=O)O. The third kappa shape index (κ3) is 6.81. The molecule has 2 amide bonds. The van der Waals surface area contributed by atoms with Crippen molar-refractivity contribution in [3.05, 3.63) is 0 Å². The van der Waals surface area contributed by atoms with Gasteiger partial charge in [-0.3, -0.25) is 4.79 Å². The van der Waals surface area contributed by atoms with Gasteiger partial charge in [-0.2, -0.15) is 0 Å². The third-order valence-electron chi connectivity index (χ3n) is 3.08. The molecule has 0 aliphatic rings. The number of nitrogens with one attached hydrogen (secondary N) is 1. The van der Waals surface area contributed by atoms with Crippen molar-refractivity contribution < 1.29 is 14.7 Å². The van der Waals surface area contributed by atoms with Crippen LogP contribution in [0, 0.1) is 5.92 Å². The van der Waals surface area contributed by atoms with Crippen molar-refractivity contribution in [3.63, 3.8) is 0 Å². The number of hydrogen-bond acceptors (Lipinski definition) is 2. The van der Waals surface area contributed by atoms with Crippen LogP contribution in [-0.4, -0.2) is 41.6 Å². The van der Waals surface area contributed by atoms with Gasteiger partial charge in [0.25, 0.3) is 0 Å². The number of carbonyl (C=O) groups excluding carboxylic acids is 1. The standard InChI is InChI=1S/C12H24N2O3/c1-5-9(2)10(3)13-12(17)14(4)8-6-7-11(15)16/h9-10H,5-8H2,1-4H3,(H,13,17)(H,15,16). The molecule has 17 heavy (non-hydrogen) atoms. The molecule has 0 aromatic rings. The van der Waals surface area contributed by atoms with Gasteiger partial charge in [-0.25, -0.2) is 4.79 Å². The fraction of sp³-hybridized carbons (Fsp3) is 0.833. The minimum absolute atomic E-state index is 0.0958. The number of hydrogen-bond donors (Lipinski definition) is 2. The van der Waals surface area contributed by atoms with Crippen molar-refractivity contribution in [1.29, 1.82) is 0 Å². The van der Waals surface area contributed by atoms with Crippen LogP contribution in [-0.2, 0) is 4.79 Å². The average Bonchev–Trinajstić information content (AvgIpc) is 2.26. The molecule has 0 aromatic heterocycles. The largest absolute Gasteiger partial charge is 0.481 e. The molecule has 0 radical (unpaired) electrons. The summed E-state index contributed by atoms with van der Waals surface area (Å²) in [5.74, 6) is -0.391. The van der Waals surface area contributed by atoms with Crippen LogP contribution in [0.2, 0.25) is 0 Å². The summed E-state index contributed by atoms with van der Waals surface area (Å²) < 4.78 is 0. The molecule has 0 aliphatic heterocycles. The van der Waals surface area contributed by atoms with Gasteiger partial charge in [-0.05, 0) is 19.3 Å². The minimum atomic E-state index is -0.827. The zero-order valence-corrected chi connectivity index (χ0v) is 11.2. The van der Waals surface area contributed by atoms with Gasteiger partial charge in [-0.15, -0.1) is 0 Å². The Hall–Kier alpha value is -1.26. The molecule has 2 unspecified atom stereocenters. The molecule has 5 heteroatoms. The van der Waals surface area contributed by atoms with Gasteiger partial charge in [-0.1, -0.05) is 20.3 Å². The second kappa shape index (κ2) is 7.92. The van der Waals surface area contributed by atoms with Crippen molar-refractivity contribution in [3.8, 4) is 0 Å². The average molecular weight is 244 g/mol. The normalized spacial score (nSPS) is 13.9. The first kappa shape index (κ1) is 15.7. The number of urea groups is 1. The molecule has 5 nitrogen and oxygen atoms in total. The number of carbonyl (C=O) groups is 2. The molecule has 2 atom stereocenters. The summed E-state index contributed by atoms with van der Waals surface area (Å²) in [5.41, 5.74) is 0. The number of nitrogens with zero attached hydrogens (tertiary/aromatic N) is 1. The second-order valence-electron chi connectivity index (χ2n) is 4.54. The molecule has 0 saturated carbocycles. The minimum Gasteiger partial charge on any atom is -0.481 e. The van der Waals surface area contributed by atoms with Crippen LogP contribution in [0.1, 0.15) is 40.0 Å². The van der Waals surface area contributed by atoms with Crippen molar-refractivity contribution in [2.24, 2.45) is 5.92 Å². The summed E-state index contributed by atoms with van der Waals surface area (Å²) in [4.78, 5) is 23.6. The predicted octanol–water partition coefficient (Wildman–Crippen LogP) is 1.93. The predicted molar refractivity (Wildman–Crippen MR) is 66.9 cm³/mol. The van der Waals surface area contributed by atoms with Gasteiger partial charge < -0.3 is 15.3 Å². The van der Waals surface area contributed by atoms with Crippen LogP contribution in [0.4, 0.5) is 4.79 Å². The molecule has 0 aromatic carbocycles.